The first-order valence-electron chi connectivity index (χ1n) is 6.15. The molecule has 0 radical (unpaired) electrons. The molecule has 6 nitrogen and oxygen atoms in total. The number of hydrogen-bond donors (Lipinski definition) is 2. The summed E-state index contributed by atoms with van der Waals surface area (Å²) in [7, 11) is 0. The highest BCUT2D eigenvalue weighted by molar-refractivity contribution is 6.31. The molecule has 1 aliphatic heterocycles. The Kier molecular flexibility index (Phi) is 4.94. The summed E-state index contributed by atoms with van der Waals surface area (Å²) in [5.74, 6) is -0.347. The van der Waals surface area contributed by atoms with Crippen LogP contribution in [0.25, 0.3) is 0 Å². The van der Waals surface area contributed by atoms with Crippen LogP contribution >= 0.6 is 11.6 Å². The summed E-state index contributed by atoms with van der Waals surface area (Å²) in [5.41, 5.74) is 0.816. The van der Waals surface area contributed by atoms with Crippen molar-refractivity contribution in [2.24, 2.45) is 0 Å². The van der Waals surface area contributed by atoms with Gasteiger partial charge < -0.3 is 15.2 Å². The van der Waals surface area contributed by atoms with Gasteiger partial charge in [-0.2, -0.15) is 0 Å². The second-order valence-corrected chi connectivity index (χ2v) is 4.83. The van der Waals surface area contributed by atoms with E-state index in [2.05, 4.69) is 5.32 Å². The minimum absolute atomic E-state index is 0.0162. The van der Waals surface area contributed by atoms with Gasteiger partial charge in [-0.25, -0.2) is 4.79 Å². The number of carbonyl (C=O) groups excluding carboxylic acids is 2. The van der Waals surface area contributed by atoms with Gasteiger partial charge in [0.1, 0.15) is 0 Å². The number of aliphatic hydroxyl groups excluding tert-OH is 1. The molecule has 1 heterocycles. The van der Waals surface area contributed by atoms with E-state index in [0.717, 1.165) is 10.5 Å². The van der Waals surface area contributed by atoms with E-state index < -0.39 is 12.1 Å². The molecule has 1 aromatic carbocycles. The molecule has 1 aliphatic rings. The number of hydrogen-bond acceptors (Lipinski definition) is 4. The van der Waals surface area contributed by atoms with Gasteiger partial charge in [-0.3, -0.25) is 9.69 Å². The van der Waals surface area contributed by atoms with Crippen molar-refractivity contribution < 1.29 is 19.4 Å². The third-order valence-corrected chi connectivity index (χ3v) is 3.22. The minimum Gasteiger partial charge on any atom is -0.389 e. The topological polar surface area (TPSA) is 78.9 Å². The first kappa shape index (κ1) is 14.8. The van der Waals surface area contributed by atoms with Crippen LogP contribution in [-0.4, -0.2) is 47.7 Å². The number of amides is 3. The Hall–Kier alpha value is -1.63. The van der Waals surface area contributed by atoms with Crippen LogP contribution in [0.5, 0.6) is 0 Å². The average molecular weight is 299 g/mol. The first-order valence-corrected chi connectivity index (χ1v) is 6.53. The summed E-state index contributed by atoms with van der Waals surface area (Å²) in [4.78, 5) is 23.6. The van der Waals surface area contributed by atoms with E-state index in [-0.39, 0.29) is 32.2 Å². The Labute approximate surface area is 121 Å². The van der Waals surface area contributed by atoms with Gasteiger partial charge in [-0.05, 0) is 11.6 Å². The van der Waals surface area contributed by atoms with Gasteiger partial charge in [0.2, 0.25) is 5.91 Å². The first-order chi connectivity index (χ1) is 9.58. The zero-order valence-corrected chi connectivity index (χ0v) is 11.5. The molecule has 108 valence electrons. The number of carbonyl (C=O) groups is 2. The summed E-state index contributed by atoms with van der Waals surface area (Å²) in [6, 6.07) is 6.75. The van der Waals surface area contributed by atoms with Crippen LogP contribution in [-0.2, 0) is 16.1 Å². The summed E-state index contributed by atoms with van der Waals surface area (Å²) in [6.07, 6.45) is -0.926. The van der Waals surface area contributed by atoms with Gasteiger partial charge in [0, 0.05) is 5.02 Å². The normalized spacial score (nSPS) is 16.4. The van der Waals surface area contributed by atoms with Crippen molar-refractivity contribution in [3.05, 3.63) is 34.9 Å². The predicted molar refractivity (Wildman–Crippen MR) is 72.2 cm³/mol. The van der Waals surface area contributed by atoms with Crippen molar-refractivity contribution in [3.8, 4) is 0 Å². The number of nitrogens with one attached hydrogen (secondary N) is 1. The summed E-state index contributed by atoms with van der Waals surface area (Å²) < 4.78 is 5.34. The number of urea groups is 1. The fourth-order valence-electron chi connectivity index (χ4n) is 1.82. The van der Waals surface area contributed by atoms with Gasteiger partial charge in [-0.15, -0.1) is 0 Å². The number of ether oxygens (including phenoxy) is 1. The number of imide groups is 1. The van der Waals surface area contributed by atoms with Crippen LogP contribution in [0, 0.1) is 0 Å². The molecule has 0 aromatic heterocycles. The molecular formula is C13H15ClN2O4. The number of benzene rings is 1. The van der Waals surface area contributed by atoms with Crippen LogP contribution in [0.4, 0.5) is 4.79 Å². The van der Waals surface area contributed by atoms with Gasteiger partial charge in [0.15, 0.2) is 0 Å². The highest BCUT2D eigenvalue weighted by atomic mass is 35.5. The van der Waals surface area contributed by atoms with Crippen molar-refractivity contribution in [1.29, 1.82) is 0 Å². The molecule has 0 bridgehead atoms. The second-order valence-electron chi connectivity index (χ2n) is 4.42. The van der Waals surface area contributed by atoms with E-state index in [4.69, 9.17) is 16.3 Å². The standard InChI is InChI=1S/C13H15ClN2O4/c14-11-4-2-1-3-9(11)7-20-8-10(17)6-16-12(18)5-15-13(16)19/h1-4,10,17H,5-8H2,(H,15,19)/t10-/m1/s1. The Morgan fingerprint density at radius 2 is 2.15 bits per heavy atom. The van der Waals surface area contributed by atoms with Crippen molar-refractivity contribution >= 4 is 23.5 Å². The van der Waals surface area contributed by atoms with E-state index in [1.807, 2.05) is 18.2 Å². The van der Waals surface area contributed by atoms with Crippen molar-refractivity contribution in [1.82, 2.24) is 10.2 Å². The van der Waals surface area contributed by atoms with Gasteiger partial charge in [0.05, 0.1) is 32.4 Å². The van der Waals surface area contributed by atoms with Crippen molar-refractivity contribution in [2.75, 3.05) is 19.7 Å². The zero-order valence-electron chi connectivity index (χ0n) is 10.7. The summed E-state index contributed by atoms with van der Waals surface area (Å²) in [6.45, 7) is 0.179. The number of rotatable bonds is 6. The Balaban J connectivity index is 1.75. The van der Waals surface area contributed by atoms with E-state index in [1.54, 1.807) is 6.07 Å². The summed E-state index contributed by atoms with van der Waals surface area (Å²) in [5, 5.41) is 12.7. The van der Waals surface area contributed by atoms with Crippen LogP contribution in [0.3, 0.4) is 0 Å². The Morgan fingerprint density at radius 1 is 1.40 bits per heavy atom. The largest absolute Gasteiger partial charge is 0.389 e. The molecule has 1 saturated heterocycles. The number of halogens is 1. The zero-order chi connectivity index (χ0) is 14.5. The molecule has 0 spiro atoms. The highest BCUT2D eigenvalue weighted by Crippen LogP contribution is 2.15. The molecule has 0 saturated carbocycles. The molecule has 0 aliphatic carbocycles. The van der Waals surface area contributed by atoms with E-state index in [0.29, 0.717) is 5.02 Å². The van der Waals surface area contributed by atoms with Crippen molar-refractivity contribution in [2.45, 2.75) is 12.7 Å². The molecule has 20 heavy (non-hydrogen) atoms. The maximum atomic E-state index is 11.3. The third-order valence-electron chi connectivity index (χ3n) is 2.86. The SMILES string of the molecule is O=C1CNC(=O)N1C[C@@H](O)COCc1ccccc1Cl. The van der Waals surface area contributed by atoms with Gasteiger partial charge >= 0.3 is 6.03 Å². The molecule has 7 heteroatoms. The number of β-amino-alcohol motifs (C(OH)–C–C–N with tert-alkyl or cyclic N) is 1. The lowest BCUT2D eigenvalue weighted by Crippen LogP contribution is -2.39. The maximum Gasteiger partial charge on any atom is 0.324 e. The fraction of sp³-hybridized carbons (Fsp3) is 0.385. The summed E-state index contributed by atoms with van der Waals surface area (Å²) >= 11 is 5.97. The average Bonchev–Trinajstić information content (AvgIpc) is 2.73. The molecule has 3 amide bonds. The highest BCUT2D eigenvalue weighted by Gasteiger charge is 2.30. The molecule has 2 N–H and O–H groups in total. The lowest BCUT2D eigenvalue weighted by molar-refractivity contribution is -0.126. The second kappa shape index (κ2) is 6.69. The van der Waals surface area contributed by atoms with Crippen LogP contribution < -0.4 is 5.32 Å². The fourth-order valence-corrected chi connectivity index (χ4v) is 2.01. The number of aliphatic hydroxyl groups is 1. The Bertz CT molecular complexity index is 493. The van der Waals surface area contributed by atoms with Crippen LogP contribution in [0.1, 0.15) is 5.56 Å². The molecule has 0 unspecified atom stereocenters. The van der Waals surface area contributed by atoms with Crippen LogP contribution in [0.15, 0.2) is 24.3 Å². The van der Waals surface area contributed by atoms with Gasteiger partial charge in [0.25, 0.3) is 0 Å². The van der Waals surface area contributed by atoms with E-state index in [9.17, 15) is 14.7 Å². The van der Waals surface area contributed by atoms with Crippen LogP contribution in [0.2, 0.25) is 5.02 Å². The number of nitrogens with zero attached hydrogens (tertiary/aromatic N) is 1. The molecule has 2 rings (SSSR count). The van der Waals surface area contributed by atoms with Crippen molar-refractivity contribution in [3.63, 3.8) is 0 Å². The predicted octanol–water partition coefficient (Wildman–Crippen LogP) is 0.769. The lowest BCUT2D eigenvalue weighted by atomic mass is 10.2. The minimum atomic E-state index is -0.926. The van der Waals surface area contributed by atoms with E-state index >= 15 is 0 Å². The maximum absolute atomic E-state index is 11.3. The lowest BCUT2D eigenvalue weighted by Gasteiger charge is -2.17. The monoisotopic (exact) mass is 298 g/mol. The molecule has 1 aromatic rings. The smallest absolute Gasteiger partial charge is 0.324 e. The quantitative estimate of drug-likeness (QED) is 0.760. The van der Waals surface area contributed by atoms with Gasteiger partial charge in [-0.1, -0.05) is 29.8 Å². The van der Waals surface area contributed by atoms with E-state index in [1.165, 1.54) is 0 Å². The third kappa shape index (κ3) is 3.69. The Morgan fingerprint density at radius 3 is 2.80 bits per heavy atom. The molecule has 1 atom stereocenters. The molecular weight excluding hydrogens is 284 g/mol. The molecule has 1 fully saturated rings.